The van der Waals surface area contributed by atoms with Crippen LogP contribution in [-0.2, 0) is 0 Å². The Labute approximate surface area is 109 Å². The number of hydrogen-bond acceptors (Lipinski definition) is 1. The molecule has 0 heterocycles. The molecule has 2 bridgehead atoms. The summed E-state index contributed by atoms with van der Waals surface area (Å²) >= 11 is 0. The van der Waals surface area contributed by atoms with Gasteiger partial charge in [0, 0.05) is 6.04 Å². The van der Waals surface area contributed by atoms with Crippen molar-refractivity contribution >= 4 is 0 Å². The van der Waals surface area contributed by atoms with Gasteiger partial charge in [-0.15, -0.1) is 0 Å². The fraction of sp³-hybridized carbons (Fsp3) is 0.625. The van der Waals surface area contributed by atoms with Crippen LogP contribution in [0, 0.1) is 37.4 Å². The van der Waals surface area contributed by atoms with Crippen LogP contribution in [0.1, 0.15) is 48.4 Å². The molecule has 2 N–H and O–H groups in total. The minimum absolute atomic E-state index is 0.0844. The number of rotatable bonds is 2. The summed E-state index contributed by atoms with van der Waals surface area (Å²) in [5.41, 5.74) is 9.03. The van der Waals surface area contributed by atoms with Gasteiger partial charge in [-0.05, 0) is 67.6 Å². The van der Waals surface area contributed by atoms with Crippen molar-refractivity contribution in [1.29, 1.82) is 0 Å². The molecule has 4 atom stereocenters. The van der Waals surface area contributed by atoms with Gasteiger partial charge in [0.25, 0.3) is 0 Å². The molecule has 2 fully saturated rings. The number of fused-ring (bicyclic) bond motifs is 2. The average Bonchev–Trinajstić information content (AvgIpc) is 2.96. The molecule has 1 aromatic carbocycles. The van der Waals surface area contributed by atoms with Gasteiger partial charge in [0.15, 0.2) is 0 Å². The molecule has 0 saturated heterocycles. The third-order valence-electron chi connectivity index (χ3n) is 5.10. The zero-order valence-electron chi connectivity index (χ0n) is 11.2. The molecular weight excluding hydrogens is 225 g/mol. The minimum Gasteiger partial charge on any atom is -0.324 e. The Morgan fingerprint density at radius 3 is 2.33 bits per heavy atom. The van der Waals surface area contributed by atoms with Crippen molar-refractivity contribution in [3.8, 4) is 0 Å². The van der Waals surface area contributed by atoms with Gasteiger partial charge in [-0.2, -0.15) is 0 Å². The second-order valence-electron chi connectivity index (χ2n) is 6.33. The molecule has 0 radical (unpaired) electrons. The van der Waals surface area contributed by atoms with Gasteiger partial charge in [0.2, 0.25) is 0 Å². The lowest BCUT2D eigenvalue weighted by Gasteiger charge is -2.28. The molecule has 2 saturated carbocycles. The molecule has 1 nitrogen and oxygen atoms in total. The summed E-state index contributed by atoms with van der Waals surface area (Å²) < 4.78 is 13.7. The van der Waals surface area contributed by atoms with Crippen molar-refractivity contribution in [2.24, 2.45) is 23.5 Å². The van der Waals surface area contributed by atoms with E-state index >= 15 is 0 Å². The van der Waals surface area contributed by atoms with Gasteiger partial charge >= 0.3 is 0 Å². The van der Waals surface area contributed by atoms with Crippen molar-refractivity contribution in [2.45, 2.75) is 45.6 Å². The Hall–Kier alpha value is -0.890. The van der Waals surface area contributed by atoms with Crippen molar-refractivity contribution in [3.63, 3.8) is 0 Å². The molecular formula is C16H22FN. The van der Waals surface area contributed by atoms with Crippen LogP contribution in [0.25, 0.3) is 0 Å². The average molecular weight is 247 g/mol. The van der Waals surface area contributed by atoms with Crippen molar-refractivity contribution in [3.05, 3.63) is 34.6 Å². The van der Waals surface area contributed by atoms with Gasteiger partial charge in [-0.25, -0.2) is 4.39 Å². The highest BCUT2D eigenvalue weighted by Gasteiger charge is 2.42. The maximum atomic E-state index is 13.7. The maximum absolute atomic E-state index is 13.7. The summed E-state index contributed by atoms with van der Waals surface area (Å²) in [6, 6.07) is 3.98. The van der Waals surface area contributed by atoms with E-state index in [0.29, 0.717) is 5.92 Å². The lowest BCUT2D eigenvalue weighted by atomic mass is 9.80. The highest BCUT2D eigenvalue weighted by molar-refractivity contribution is 5.32. The van der Waals surface area contributed by atoms with E-state index < -0.39 is 0 Å². The Balaban J connectivity index is 1.86. The first-order chi connectivity index (χ1) is 8.56. The summed E-state index contributed by atoms with van der Waals surface area (Å²) in [5.74, 6) is 2.26. The maximum Gasteiger partial charge on any atom is 0.129 e. The second-order valence-corrected chi connectivity index (χ2v) is 6.33. The van der Waals surface area contributed by atoms with Crippen LogP contribution in [0.15, 0.2) is 12.1 Å². The van der Waals surface area contributed by atoms with Gasteiger partial charge in [0.05, 0.1) is 0 Å². The van der Waals surface area contributed by atoms with E-state index in [9.17, 15) is 4.39 Å². The highest BCUT2D eigenvalue weighted by atomic mass is 19.1. The van der Waals surface area contributed by atoms with E-state index in [1.54, 1.807) is 0 Å². The van der Waals surface area contributed by atoms with E-state index in [2.05, 4.69) is 0 Å². The fourth-order valence-electron chi connectivity index (χ4n) is 4.15. The van der Waals surface area contributed by atoms with E-state index in [-0.39, 0.29) is 11.9 Å². The predicted octanol–water partition coefficient (Wildman–Crippen LogP) is 3.88. The van der Waals surface area contributed by atoms with Crippen LogP contribution in [0.5, 0.6) is 0 Å². The molecule has 2 heteroatoms. The smallest absolute Gasteiger partial charge is 0.129 e. The molecule has 2 aliphatic carbocycles. The molecule has 0 spiro atoms. The van der Waals surface area contributed by atoms with Gasteiger partial charge in [-0.1, -0.05) is 18.6 Å². The Kier molecular flexibility index (Phi) is 2.93. The number of benzene rings is 1. The van der Waals surface area contributed by atoms with Crippen LogP contribution < -0.4 is 5.73 Å². The number of halogens is 1. The number of aryl methyl sites for hydroxylation is 2. The largest absolute Gasteiger partial charge is 0.324 e. The molecule has 2 aliphatic rings. The molecule has 1 aromatic rings. The second kappa shape index (κ2) is 4.34. The highest BCUT2D eigenvalue weighted by Crippen LogP contribution is 2.52. The van der Waals surface area contributed by atoms with Crippen molar-refractivity contribution < 1.29 is 4.39 Å². The van der Waals surface area contributed by atoms with Crippen LogP contribution in [0.2, 0.25) is 0 Å². The first kappa shape index (κ1) is 12.2. The first-order valence-corrected chi connectivity index (χ1v) is 7.08. The first-order valence-electron chi connectivity index (χ1n) is 7.08. The van der Waals surface area contributed by atoms with E-state index in [1.165, 1.54) is 25.7 Å². The fourth-order valence-corrected chi connectivity index (χ4v) is 4.15. The Morgan fingerprint density at radius 2 is 1.83 bits per heavy atom. The van der Waals surface area contributed by atoms with Gasteiger partial charge in [0.1, 0.15) is 5.82 Å². The lowest BCUT2D eigenvalue weighted by Crippen LogP contribution is -2.26. The zero-order valence-corrected chi connectivity index (χ0v) is 11.2. The molecule has 0 aromatic heterocycles. The lowest BCUT2D eigenvalue weighted by molar-refractivity contribution is 0.284. The summed E-state index contributed by atoms with van der Waals surface area (Å²) in [5, 5.41) is 0. The summed E-state index contributed by atoms with van der Waals surface area (Å²) in [7, 11) is 0. The van der Waals surface area contributed by atoms with Gasteiger partial charge in [-0.3, -0.25) is 0 Å². The Bertz CT molecular complexity index is 445. The molecule has 0 amide bonds. The predicted molar refractivity (Wildman–Crippen MR) is 71.7 cm³/mol. The van der Waals surface area contributed by atoms with E-state index in [1.807, 2.05) is 26.0 Å². The topological polar surface area (TPSA) is 26.0 Å². The normalized spacial score (nSPS) is 31.9. The Morgan fingerprint density at radius 1 is 1.17 bits per heavy atom. The summed E-state index contributed by atoms with van der Waals surface area (Å²) in [6.07, 6.45) is 5.40. The monoisotopic (exact) mass is 247 g/mol. The van der Waals surface area contributed by atoms with Crippen LogP contribution >= 0.6 is 0 Å². The van der Waals surface area contributed by atoms with E-state index in [0.717, 1.165) is 28.5 Å². The number of hydrogen-bond donors (Lipinski definition) is 1. The molecule has 3 rings (SSSR count). The van der Waals surface area contributed by atoms with Crippen molar-refractivity contribution in [1.82, 2.24) is 0 Å². The summed E-state index contributed by atoms with van der Waals surface area (Å²) in [4.78, 5) is 0. The quantitative estimate of drug-likeness (QED) is 0.843. The SMILES string of the molecule is Cc1cc(C(N)C2CC3CCC2C3)cc(C)c1F. The third-order valence-corrected chi connectivity index (χ3v) is 5.10. The third kappa shape index (κ3) is 1.87. The standard InChI is InChI=1S/C16H22FN/c1-9-5-13(6-10(2)15(9)17)16(18)14-8-11-3-4-12(14)7-11/h5-6,11-12,14,16H,3-4,7-8,18H2,1-2H3. The molecule has 0 aliphatic heterocycles. The van der Waals surface area contributed by atoms with Gasteiger partial charge < -0.3 is 5.73 Å². The molecule has 98 valence electrons. The number of nitrogens with two attached hydrogens (primary N) is 1. The van der Waals surface area contributed by atoms with Crippen LogP contribution in [0.3, 0.4) is 0 Å². The van der Waals surface area contributed by atoms with E-state index in [4.69, 9.17) is 5.73 Å². The van der Waals surface area contributed by atoms with Crippen LogP contribution in [0.4, 0.5) is 4.39 Å². The van der Waals surface area contributed by atoms with Crippen molar-refractivity contribution in [2.75, 3.05) is 0 Å². The zero-order chi connectivity index (χ0) is 12.9. The molecule has 4 unspecified atom stereocenters. The minimum atomic E-state index is -0.0844. The summed E-state index contributed by atoms with van der Waals surface area (Å²) in [6.45, 7) is 3.67. The van der Waals surface area contributed by atoms with Crippen LogP contribution in [-0.4, -0.2) is 0 Å². The molecule has 18 heavy (non-hydrogen) atoms.